The molecule has 9 heteroatoms. The first-order valence-electron chi connectivity index (χ1n) is 12.8. The number of fused-ring (bicyclic) bond motifs is 2. The summed E-state index contributed by atoms with van der Waals surface area (Å²) in [6, 6.07) is 17.5. The number of hydrogen-bond donors (Lipinski definition) is 0. The highest BCUT2D eigenvalue weighted by Crippen LogP contribution is 2.23. The Labute approximate surface area is 226 Å². The summed E-state index contributed by atoms with van der Waals surface area (Å²) in [5, 5.41) is 0. The first-order valence-corrected chi connectivity index (χ1v) is 15.7. The minimum absolute atomic E-state index is 0.0104. The van der Waals surface area contributed by atoms with Gasteiger partial charge in [-0.1, -0.05) is 48.9 Å². The molecule has 0 saturated carbocycles. The van der Waals surface area contributed by atoms with Crippen molar-refractivity contribution in [2.24, 2.45) is 0 Å². The van der Waals surface area contributed by atoms with E-state index in [2.05, 4.69) is 13.5 Å². The van der Waals surface area contributed by atoms with E-state index in [9.17, 15) is 16.8 Å². The standard InChI is InChI=1S/C29H35N3O4S2/c1-5-25-18-26-14-16-31(37(33,34)28-10-6-22(2)7-11-28)20-24(4)21-32(17-15-27(19-25)30-26)38(35,36)29-12-8-23(3)9-13-29/h6-13,18-19H,4-5,14-17,20-21H2,1-3H3. The maximum atomic E-state index is 13.7. The summed E-state index contributed by atoms with van der Waals surface area (Å²) >= 11 is 0. The lowest BCUT2D eigenvalue weighted by molar-refractivity contribution is 0.401. The molecule has 2 bridgehead atoms. The van der Waals surface area contributed by atoms with Crippen LogP contribution in [-0.4, -0.2) is 56.6 Å². The Morgan fingerprint density at radius 3 is 1.50 bits per heavy atom. The molecule has 0 N–H and O–H groups in total. The van der Waals surface area contributed by atoms with Crippen molar-refractivity contribution in [3.63, 3.8) is 0 Å². The highest BCUT2D eigenvalue weighted by atomic mass is 32.2. The van der Waals surface area contributed by atoms with Crippen molar-refractivity contribution in [2.75, 3.05) is 26.2 Å². The van der Waals surface area contributed by atoms with Gasteiger partial charge in [-0.25, -0.2) is 16.8 Å². The van der Waals surface area contributed by atoms with Gasteiger partial charge in [-0.05, 0) is 67.8 Å². The third-order valence-corrected chi connectivity index (χ3v) is 10.5. The average Bonchev–Trinajstić information content (AvgIpc) is 2.88. The summed E-state index contributed by atoms with van der Waals surface area (Å²) in [6.07, 6.45) is 1.70. The minimum atomic E-state index is -3.84. The fraction of sp³-hybridized carbons (Fsp3) is 0.345. The molecular weight excluding hydrogens is 518 g/mol. The van der Waals surface area contributed by atoms with Crippen LogP contribution in [0.15, 0.2) is 82.6 Å². The molecule has 3 aromatic rings. The molecule has 7 nitrogen and oxygen atoms in total. The van der Waals surface area contributed by atoms with E-state index in [0.29, 0.717) is 18.4 Å². The van der Waals surface area contributed by atoms with Gasteiger partial charge in [-0.2, -0.15) is 8.61 Å². The zero-order valence-electron chi connectivity index (χ0n) is 22.2. The van der Waals surface area contributed by atoms with Crippen molar-refractivity contribution < 1.29 is 16.8 Å². The van der Waals surface area contributed by atoms with Crippen molar-refractivity contribution in [3.8, 4) is 0 Å². The van der Waals surface area contributed by atoms with Crippen LogP contribution in [0.25, 0.3) is 0 Å². The highest BCUT2D eigenvalue weighted by Gasteiger charge is 2.29. The van der Waals surface area contributed by atoms with E-state index in [0.717, 1.165) is 34.5 Å². The first kappa shape index (κ1) is 28.2. The number of aromatic nitrogens is 1. The van der Waals surface area contributed by atoms with Gasteiger partial charge in [0.05, 0.1) is 9.79 Å². The van der Waals surface area contributed by atoms with E-state index in [1.807, 2.05) is 26.0 Å². The topological polar surface area (TPSA) is 87.7 Å². The zero-order chi connectivity index (χ0) is 27.5. The lowest BCUT2D eigenvalue weighted by atomic mass is 10.1. The Morgan fingerprint density at radius 2 is 1.13 bits per heavy atom. The fourth-order valence-electron chi connectivity index (χ4n) is 4.49. The van der Waals surface area contributed by atoms with Crippen LogP contribution in [0.4, 0.5) is 0 Å². The van der Waals surface area contributed by atoms with Crippen LogP contribution in [0.5, 0.6) is 0 Å². The SMILES string of the molecule is C=C1CN(S(=O)(=O)c2ccc(C)cc2)CCc2cc(CC)cc(n2)CCN(S(=O)(=O)c2ccc(C)cc2)C1. The second-order valence-electron chi connectivity index (χ2n) is 9.86. The van der Waals surface area contributed by atoms with Crippen molar-refractivity contribution in [2.45, 2.75) is 49.8 Å². The van der Waals surface area contributed by atoms with Crippen LogP contribution >= 0.6 is 0 Å². The van der Waals surface area contributed by atoms with Gasteiger partial charge >= 0.3 is 0 Å². The van der Waals surface area contributed by atoms with Gasteiger partial charge in [0.2, 0.25) is 20.0 Å². The molecule has 202 valence electrons. The Kier molecular flexibility index (Phi) is 8.52. The number of pyridine rings is 1. The normalized spacial score (nSPS) is 16.6. The number of nitrogens with zero attached hydrogens (tertiary/aromatic N) is 3. The molecule has 1 aliphatic rings. The monoisotopic (exact) mass is 553 g/mol. The van der Waals surface area contributed by atoms with Crippen molar-refractivity contribution in [3.05, 3.63) is 101 Å². The third kappa shape index (κ3) is 6.40. The Morgan fingerprint density at radius 1 is 0.737 bits per heavy atom. The third-order valence-electron chi connectivity index (χ3n) is 6.75. The number of hydrogen-bond acceptors (Lipinski definition) is 5. The molecule has 0 amide bonds. The number of rotatable bonds is 5. The van der Waals surface area contributed by atoms with Crippen LogP contribution in [0.2, 0.25) is 0 Å². The van der Waals surface area contributed by atoms with Crippen LogP contribution in [-0.2, 0) is 39.3 Å². The molecule has 0 radical (unpaired) electrons. The van der Waals surface area contributed by atoms with E-state index in [1.165, 1.54) is 8.61 Å². The summed E-state index contributed by atoms with van der Waals surface area (Å²) in [6.45, 7) is 10.4. The molecule has 0 spiro atoms. The quantitative estimate of drug-likeness (QED) is 0.440. The van der Waals surface area contributed by atoms with Gasteiger partial charge < -0.3 is 0 Å². The minimum Gasteiger partial charge on any atom is -0.258 e. The fourth-order valence-corrected chi connectivity index (χ4v) is 7.42. The molecule has 0 atom stereocenters. The molecule has 0 unspecified atom stereocenters. The van der Waals surface area contributed by atoms with Crippen molar-refractivity contribution in [1.29, 1.82) is 0 Å². The van der Waals surface area contributed by atoms with E-state index >= 15 is 0 Å². The smallest absolute Gasteiger partial charge is 0.243 e. The van der Waals surface area contributed by atoms with Crippen LogP contribution < -0.4 is 0 Å². The number of aryl methyl sites for hydroxylation is 3. The van der Waals surface area contributed by atoms with Gasteiger partial charge in [0.1, 0.15) is 0 Å². The van der Waals surface area contributed by atoms with Gasteiger partial charge in [0.25, 0.3) is 0 Å². The van der Waals surface area contributed by atoms with Gasteiger partial charge in [0, 0.05) is 50.4 Å². The van der Waals surface area contributed by atoms with E-state index in [-0.39, 0.29) is 36.0 Å². The second kappa shape index (κ2) is 11.5. The van der Waals surface area contributed by atoms with Crippen LogP contribution in [0, 0.1) is 13.8 Å². The summed E-state index contributed by atoms with van der Waals surface area (Å²) in [5.41, 5.74) is 5.11. The second-order valence-corrected chi connectivity index (χ2v) is 13.7. The summed E-state index contributed by atoms with van der Waals surface area (Å²) in [4.78, 5) is 5.16. The first-order chi connectivity index (χ1) is 18.0. The van der Waals surface area contributed by atoms with E-state index in [1.54, 1.807) is 48.5 Å². The van der Waals surface area contributed by atoms with Gasteiger partial charge in [-0.3, -0.25) is 4.98 Å². The Bertz CT molecular complexity index is 1410. The lowest BCUT2D eigenvalue weighted by Crippen LogP contribution is -2.40. The summed E-state index contributed by atoms with van der Waals surface area (Å²) in [7, 11) is -7.68. The molecular formula is C29H35N3O4S2. The molecule has 1 aromatic heterocycles. The number of benzene rings is 2. The largest absolute Gasteiger partial charge is 0.258 e. The predicted octanol–water partition coefficient (Wildman–Crippen LogP) is 4.30. The van der Waals surface area contributed by atoms with Gasteiger partial charge in [0.15, 0.2) is 0 Å². The van der Waals surface area contributed by atoms with Crippen LogP contribution in [0.1, 0.15) is 35.0 Å². The van der Waals surface area contributed by atoms with Crippen molar-refractivity contribution in [1.82, 2.24) is 13.6 Å². The molecule has 4 rings (SSSR count). The van der Waals surface area contributed by atoms with Gasteiger partial charge in [-0.15, -0.1) is 0 Å². The highest BCUT2D eigenvalue weighted by molar-refractivity contribution is 7.89. The Balaban J connectivity index is 1.74. The molecule has 0 fully saturated rings. The molecule has 2 aromatic carbocycles. The lowest BCUT2D eigenvalue weighted by Gasteiger charge is -2.28. The number of sulfonamides is 2. The maximum absolute atomic E-state index is 13.7. The zero-order valence-corrected chi connectivity index (χ0v) is 23.9. The summed E-state index contributed by atoms with van der Waals surface area (Å²) < 4.78 is 57.5. The molecule has 38 heavy (non-hydrogen) atoms. The van der Waals surface area contributed by atoms with Crippen molar-refractivity contribution >= 4 is 20.0 Å². The molecule has 0 saturated heterocycles. The molecule has 0 aliphatic carbocycles. The van der Waals surface area contributed by atoms with Crippen LogP contribution in [0.3, 0.4) is 0 Å². The van der Waals surface area contributed by atoms with E-state index in [4.69, 9.17) is 4.98 Å². The Hall–Kier alpha value is -2.85. The average molecular weight is 554 g/mol. The predicted molar refractivity (Wildman–Crippen MR) is 150 cm³/mol. The summed E-state index contributed by atoms with van der Waals surface area (Å²) in [5.74, 6) is 0. The molecule has 2 heterocycles. The van der Waals surface area contributed by atoms with E-state index < -0.39 is 20.0 Å². The molecule has 1 aliphatic heterocycles. The maximum Gasteiger partial charge on any atom is 0.243 e.